The zero-order valence-electron chi connectivity index (χ0n) is 15.8. The fourth-order valence-electron chi connectivity index (χ4n) is 3.21. The number of rotatable bonds is 6. The van der Waals surface area contributed by atoms with Crippen LogP contribution in [-0.2, 0) is 11.3 Å². The summed E-state index contributed by atoms with van der Waals surface area (Å²) >= 11 is 5.35. The van der Waals surface area contributed by atoms with Crippen LogP contribution >= 0.6 is 12.2 Å². The van der Waals surface area contributed by atoms with Crippen molar-refractivity contribution in [1.29, 1.82) is 0 Å². The van der Waals surface area contributed by atoms with Gasteiger partial charge in [0.2, 0.25) is 5.91 Å². The second-order valence-electron chi connectivity index (χ2n) is 6.77. The lowest BCUT2D eigenvalue weighted by molar-refractivity contribution is -0.121. The summed E-state index contributed by atoms with van der Waals surface area (Å²) < 4.78 is 2.40. The number of aromatic amines is 1. The molecule has 0 aliphatic heterocycles. The Balaban J connectivity index is 1.69. The van der Waals surface area contributed by atoms with Gasteiger partial charge in [-0.25, -0.2) is 0 Å². The third-order valence-electron chi connectivity index (χ3n) is 4.63. The largest absolute Gasteiger partial charge is 0.350 e. The van der Waals surface area contributed by atoms with Crippen LogP contribution in [0, 0.1) is 18.6 Å². The molecule has 0 radical (unpaired) electrons. The number of hydrogen-bond acceptors (Lipinski definition) is 3. The lowest BCUT2D eigenvalue weighted by Gasteiger charge is -2.17. The number of H-pyrrole nitrogens is 1. The minimum absolute atomic E-state index is 0.0101. The normalized spacial score (nSPS) is 12.0. The summed E-state index contributed by atoms with van der Waals surface area (Å²) in [4.78, 5) is 12.5. The van der Waals surface area contributed by atoms with E-state index in [1.165, 1.54) is 5.56 Å². The summed E-state index contributed by atoms with van der Waals surface area (Å²) in [6.45, 7) is 6.57. The van der Waals surface area contributed by atoms with Crippen LogP contribution in [0.3, 0.4) is 0 Å². The maximum Gasteiger partial charge on any atom is 0.222 e. The second-order valence-corrected chi connectivity index (χ2v) is 7.16. The highest BCUT2D eigenvalue weighted by molar-refractivity contribution is 7.71. The molecule has 1 unspecified atom stereocenters. The predicted octanol–water partition coefficient (Wildman–Crippen LogP) is 4.49. The highest BCUT2D eigenvalue weighted by atomic mass is 32.1. The molecule has 1 heterocycles. The number of amides is 1. The predicted molar refractivity (Wildman–Crippen MR) is 110 cm³/mol. The molecule has 0 spiro atoms. The average molecular weight is 381 g/mol. The fraction of sp³-hybridized carbons (Fsp3) is 0.286. The number of hydrogen-bond donors (Lipinski definition) is 2. The van der Waals surface area contributed by atoms with Gasteiger partial charge >= 0.3 is 0 Å². The zero-order valence-corrected chi connectivity index (χ0v) is 16.6. The van der Waals surface area contributed by atoms with Gasteiger partial charge in [0.15, 0.2) is 10.6 Å². The van der Waals surface area contributed by atoms with Gasteiger partial charge in [-0.05, 0) is 50.2 Å². The van der Waals surface area contributed by atoms with E-state index in [1.807, 2.05) is 54.8 Å². The molecular formula is C21H24N4OS. The number of aromatic nitrogens is 3. The SMILES string of the molecule is Cc1cccc(-c2n[nH]c(=S)n2CCC(=O)NC(C)c2ccccc2C)c1. The molecule has 0 bridgehead atoms. The molecule has 0 saturated heterocycles. The van der Waals surface area contributed by atoms with Crippen LogP contribution in [0.2, 0.25) is 0 Å². The summed E-state index contributed by atoms with van der Waals surface area (Å²) in [5.74, 6) is 0.743. The maximum atomic E-state index is 12.5. The smallest absolute Gasteiger partial charge is 0.222 e. The first-order valence-electron chi connectivity index (χ1n) is 9.03. The molecule has 0 aliphatic carbocycles. The minimum Gasteiger partial charge on any atom is -0.350 e. The third kappa shape index (κ3) is 4.52. The number of nitrogens with one attached hydrogen (secondary N) is 2. The summed E-state index contributed by atoms with van der Waals surface area (Å²) in [6.07, 6.45) is 0.336. The number of aryl methyl sites for hydroxylation is 2. The van der Waals surface area contributed by atoms with Crippen LogP contribution in [-0.4, -0.2) is 20.7 Å². The van der Waals surface area contributed by atoms with Crippen molar-refractivity contribution in [1.82, 2.24) is 20.1 Å². The highest BCUT2D eigenvalue weighted by Crippen LogP contribution is 2.19. The number of benzene rings is 2. The standard InChI is InChI=1S/C21H24N4OS/c1-14-7-6-9-17(13-14)20-23-24-21(27)25(20)12-11-19(26)22-16(3)18-10-5-4-8-15(18)2/h4-10,13,16H,11-12H2,1-3H3,(H,22,26)(H,24,27). The van der Waals surface area contributed by atoms with Gasteiger partial charge in [0.25, 0.3) is 0 Å². The first-order valence-corrected chi connectivity index (χ1v) is 9.43. The monoisotopic (exact) mass is 380 g/mol. The zero-order chi connectivity index (χ0) is 19.4. The molecule has 0 fully saturated rings. The quantitative estimate of drug-likeness (QED) is 0.619. The van der Waals surface area contributed by atoms with E-state index in [0.717, 1.165) is 22.5 Å². The molecule has 5 nitrogen and oxygen atoms in total. The van der Waals surface area contributed by atoms with Crippen LogP contribution in [0.15, 0.2) is 48.5 Å². The Hall–Kier alpha value is -2.73. The van der Waals surface area contributed by atoms with Crippen LogP contribution in [0.5, 0.6) is 0 Å². The molecule has 1 aromatic heterocycles. The Morgan fingerprint density at radius 3 is 2.74 bits per heavy atom. The van der Waals surface area contributed by atoms with Crippen molar-refractivity contribution in [3.63, 3.8) is 0 Å². The first-order chi connectivity index (χ1) is 13.0. The van der Waals surface area contributed by atoms with Crippen molar-refractivity contribution in [3.05, 3.63) is 70.0 Å². The molecule has 2 N–H and O–H groups in total. The summed E-state index contributed by atoms with van der Waals surface area (Å²) in [5, 5.41) is 10.2. The van der Waals surface area contributed by atoms with Gasteiger partial charge in [-0.15, -0.1) is 0 Å². The van der Waals surface area contributed by atoms with E-state index in [2.05, 4.69) is 34.6 Å². The molecule has 3 aromatic rings. The molecule has 0 aliphatic rings. The lowest BCUT2D eigenvalue weighted by Crippen LogP contribution is -2.28. The van der Waals surface area contributed by atoms with E-state index in [4.69, 9.17) is 12.2 Å². The van der Waals surface area contributed by atoms with Crippen molar-refractivity contribution < 1.29 is 4.79 Å². The molecule has 3 rings (SSSR count). The molecular weight excluding hydrogens is 356 g/mol. The Kier molecular flexibility index (Phi) is 5.86. The van der Waals surface area contributed by atoms with Crippen LogP contribution in [0.25, 0.3) is 11.4 Å². The molecule has 1 amide bonds. The first kappa shape index (κ1) is 19.0. The van der Waals surface area contributed by atoms with Gasteiger partial charge in [0, 0.05) is 18.5 Å². The van der Waals surface area contributed by atoms with Crippen LogP contribution in [0.4, 0.5) is 0 Å². The number of nitrogens with zero attached hydrogens (tertiary/aromatic N) is 2. The van der Waals surface area contributed by atoms with Crippen molar-refractivity contribution in [3.8, 4) is 11.4 Å². The molecule has 140 valence electrons. The van der Waals surface area contributed by atoms with Gasteiger partial charge in [0.1, 0.15) is 0 Å². The van der Waals surface area contributed by atoms with E-state index in [1.54, 1.807) is 0 Å². The van der Waals surface area contributed by atoms with Gasteiger partial charge in [-0.1, -0.05) is 48.0 Å². The summed E-state index contributed by atoms with van der Waals surface area (Å²) in [7, 11) is 0. The maximum absolute atomic E-state index is 12.5. The van der Waals surface area contributed by atoms with E-state index >= 15 is 0 Å². The Morgan fingerprint density at radius 2 is 2.00 bits per heavy atom. The fourth-order valence-corrected chi connectivity index (χ4v) is 3.43. The molecule has 27 heavy (non-hydrogen) atoms. The third-order valence-corrected chi connectivity index (χ3v) is 4.94. The number of carbonyl (C=O) groups excluding carboxylic acids is 1. The van der Waals surface area contributed by atoms with E-state index in [-0.39, 0.29) is 11.9 Å². The Labute approximate surface area is 164 Å². The van der Waals surface area contributed by atoms with Gasteiger partial charge in [0.05, 0.1) is 6.04 Å². The molecule has 6 heteroatoms. The highest BCUT2D eigenvalue weighted by Gasteiger charge is 2.14. The summed E-state index contributed by atoms with van der Waals surface area (Å²) in [6, 6.07) is 16.1. The topological polar surface area (TPSA) is 62.7 Å². The minimum atomic E-state index is -0.0349. The van der Waals surface area contributed by atoms with E-state index < -0.39 is 0 Å². The van der Waals surface area contributed by atoms with Crippen molar-refractivity contribution >= 4 is 18.1 Å². The molecule has 1 atom stereocenters. The van der Waals surface area contributed by atoms with Crippen LogP contribution in [0.1, 0.15) is 36.1 Å². The van der Waals surface area contributed by atoms with Crippen molar-refractivity contribution in [2.24, 2.45) is 0 Å². The lowest BCUT2D eigenvalue weighted by atomic mass is 10.0. The van der Waals surface area contributed by atoms with E-state index in [0.29, 0.717) is 17.7 Å². The Bertz CT molecular complexity index is 1010. The molecule has 0 saturated carbocycles. The summed E-state index contributed by atoms with van der Waals surface area (Å²) in [5.41, 5.74) is 4.43. The average Bonchev–Trinajstić information content (AvgIpc) is 3.01. The second kappa shape index (κ2) is 8.31. The van der Waals surface area contributed by atoms with Crippen LogP contribution < -0.4 is 5.32 Å². The van der Waals surface area contributed by atoms with Gasteiger partial charge in [-0.3, -0.25) is 14.5 Å². The van der Waals surface area contributed by atoms with Crippen molar-refractivity contribution in [2.45, 2.75) is 39.8 Å². The number of carbonyl (C=O) groups is 1. The van der Waals surface area contributed by atoms with Gasteiger partial charge < -0.3 is 5.32 Å². The Morgan fingerprint density at radius 1 is 1.22 bits per heavy atom. The van der Waals surface area contributed by atoms with Gasteiger partial charge in [-0.2, -0.15) is 5.10 Å². The van der Waals surface area contributed by atoms with E-state index in [9.17, 15) is 4.79 Å². The molecule has 2 aromatic carbocycles. The van der Waals surface area contributed by atoms with Crippen molar-refractivity contribution in [2.75, 3.05) is 0 Å².